The molecule has 3 N–H and O–H groups in total. The summed E-state index contributed by atoms with van der Waals surface area (Å²) in [6.45, 7) is -0.251. The van der Waals surface area contributed by atoms with Gasteiger partial charge in [0.05, 0.1) is 11.3 Å². The highest BCUT2D eigenvalue weighted by atomic mass is 127. The maximum atomic E-state index is 13.2. The molecule has 0 saturated carbocycles. The summed E-state index contributed by atoms with van der Waals surface area (Å²) < 4.78 is 77.3. The van der Waals surface area contributed by atoms with Crippen molar-refractivity contribution >= 4 is 40.0 Å². The van der Waals surface area contributed by atoms with Gasteiger partial charge in [0.15, 0.2) is 5.96 Å². The van der Waals surface area contributed by atoms with Crippen LogP contribution >= 0.6 is 24.0 Å². The number of benzene rings is 2. The van der Waals surface area contributed by atoms with E-state index in [2.05, 4.69) is 20.3 Å². The number of hydrogen-bond donors (Lipinski definition) is 3. The molecule has 0 spiro atoms. The minimum Gasteiger partial charge on any atom is -0.356 e. The highest BCUT2D eigenvalue weighted by Gasteiger charge is 2.26. The van der Waals surface area contributed by atoms with Crippen molar-refractivity contribution in [3.8, 4) is 0 Å². The Labute approximate surface area is 195 Å². The van der Waals surface area contributed by atoms with Crippen LogP contribution in [0.2, 0.25) is 0 Å². The van der Waals surface area contributed by atoms with Gasteiger partial charge >= 0.3 is 6.18 Å². The molecule has 2 aromatic rings. The molecule has 2 aromatic carbocycles. The van der Waals surface area contributed by atoms with E-state index in [-0.39, 0.29) is 54.5 Å². The van der Waals surface area contributed by atoms with E-state index in [4.69, 9.17) is 0 Å². The van der Waals surface area contributed by atoms with Crippen molar-refractivity contribution in [2.24, 2.45) is 4.99 Å². The number of guanidine groups is 1. The van der Waals surface area contributed by atoms with E-state index in [1.54, 1.807) is 18.2 Å². The monoisotopic (exact) mass is 574 g/mol. The molecule has 0 aliphatic carbocycles. The van der Waals surface area contributed by atoms with Gasteiger partial charge in [-0.3, -0.25) is 4.99 Å². The van der Waals surface area contributed by atoms with Crippen LogP contribution in [0.3, 0.4) is 0 Å². The van der Waals surface area contributed by atoms with Crippen molar-refractivity contribution < 1.29 is 26.0 Å². The Morgan fingerprint density at radius 1 is 1.00 bits per heavy atom. The van der Waals surface area contributed by atoms with Gasteiger partial charge in [-0.2, -0.15) is 13.2 Å². The second-order valence-corrected chi connectivity index (χ2v) is 8.09. The van der Waals surface area contributed by atoms with E-state index in [0.29, 0.717) is 11.1 Å². The molecule has 172 valence electrons. The molecule has 0 saturated heterocycles. The van der Waals surface area contributed by atoms with Gasteiger partial charge in [-0.1, -0.05) is 24.3 Å². The highest BCUT2D eigenvalue weighted by Crippen LogP contribution is 2.18. The Balaban J connectivity index is 0.00000480. The van der Waals surface area contributed by atoms with Crippen LogP contribution in [-0.4, -0.2) is 34.1 Å². The first-order valence-electron chi connectivity index (χ1n) is 8.93. The normalized spacial score (nSPS) is 12.2. The van der Waals surface area contributed by atoms with E-state index in [1.165, 1.54) is 37.4 Å². The largest absolute Gasteiger partial charge is 0.390 e. The van der Waals surface area contributed by atoms with Gasteiger partial charge in [0, 0.05) is 26.7 Å². The molecule has 0 bridgehead atoms. The smallest absolute Gasteiger partial charge is 0.356 e. The van der Waals surface area contributed by atoms with Crippen LogP contribution < -0.4 is 15.4 Å². The van der Waals surface area contributed by atoms with Gasteiger partial charge < -0.3 is 10.6 Å². The lowest BCUT2D eigenvalue weighted by Crippen LogP contribution is -2.38. The minimum absolute atomic E-state index is 0. The van der Waals surface area contributed by atoms with Crippen LogP contribution in [-0.2, 0) is 23.1 Å². The summed E-state index contributed by atoms with van der Waals surface area (Å²) >= 11 is 0. The quantitative estimate of drug-likeness (QED) is 0.195. The first-order valence-corrected chi connectivity index (χ1v) is 10.4. The average molecular weight is 574 g/mol. The molecule has 31 heavy (non-hydrogen) atoms. The lowest BCUT2D eigenvalue weighted by Gasteiger charge is -2.13. The second kappa shape index (κ2) is 12.2. The van der Waals surface area contributed by atoms with Crippen molar-refractivity contribution in [2.75, 3.05) is 13.6 Å². The van der Waals surface area contributed by atoms with Crippen LogP contribution in [0.4, 0.5) is 17.6 Å². The molecule has 0 radical (unpaired) electrons. The Morgan fingerprint density at radius 3 is 2.26 bits per heavy atom. The summed E-state index contributed by atoms with van der Waals surface area (Å²) in [5.41, 5.74) is 1.06. The zero-order chi connectivity index (χ0) is 22.2. The Hall–Kier alpha value is -1.93. The molecule has 0 aliphatic rings. The van der Waals surface area contributed by atoms with Gasteiger partial charge in [0.25, 0.3) is 0 Å². The zero-order valence-electron chi connectivity index (χ0n) is 16.5. The first-order chi connectivity index (χ1) is 14.1. The molecular weight excluding hydrogens is 551 g/mol. The SMILES string of the molecule is CN=C(NCCC(F)(F)F)NCc1cccc(S(=O)(=O)NCc2cccc(F)c2)c1.I. The molecule has 0 amide bonds. The summed E-state index contributed by atoms with van der Waals surface area (Å²) in [5.74, 6) is -0.297. The Bertz CT molecular complexity index is 985. The zero-order valence-corrected chi connectivity index (χ0v) is 19.7. The summed E-state index contributed by atoms with van der Waals surface area (Å²) in [6.07, 6.45) is -5.27. The lowest BCUT2D eigenvalue weighted by atomic mass is 10.2. The van der Waals surface area contributed by atoms with Crippen molar-refractivity contribution in [1.82, 2.24) is 15.4 Å². The van der Waals surface area contributed by atoms with Gasteiger partial charge in [0.2, 0.25) is 10.0 Å². The highest BCUT2D eigenvalue weighted by molar-refractivity contribution is 14.0. The molecule has 0 unspecified atom stereocenters. The minimum atomic E-state index is -4.27. The number of nitrogens with one attached hydrogen (secondary N) is 3. The Morgan fingerprint density at radius 2 is 1.65 bits per heavy atom. The number of hydrogen-bond acceptors (Lipinski definition) is 3. The summed E-state index contributed by atoms with van der Waals surface area (Å²) in [7, 11) is -2.42. The molecule has 0 aliphatic heterocycles. The number of rotatable bonds is 8. The Kier molecular flexibility index (Phi) is 10.7. The van der Waals surface area contributed by atoms with E-state index < -0.39 is 28.4 Å². The number of sulfonamides is 1. The topological polar surface area (TPSA) is 82.6 Å². The van der Waals surface area contributed by atoms with Gasteiger partial charge in [-0.15, -0.1) is 24.0 Å². The van der Waals surface area contributed by atoms with E-state index >= 15 is 0 Å². The van der Waals surface area contributed by atoms with Crippen LogP contribution in [0.1, 0.15) is 17.5 Å². The van der Waals surface area contributed by atoms with Crippen LogP contribution in [0.15, 0.2) is 58.4 Å². The van der Waals surface area contributed by atoms with E-state index in [1.807, 2.05) is 0 Å². The standard InChI is InChI=1S/C19H22F4N4O2S.HI/c1-24-18(25-9-8-19(21,22)23)26-12-15-5-3-7-17(11-15)30(28,29)27-13-14-4-2-6-16(20)10-14;/h2-7,10-11,27H,8-9,12-13H2,1H3,(H2,24,25,26);1H. The summed E-state index contributed by atoms with van der Waals surface area (Å²) in [6, 6.07) is 11.7. The van der Waals surface area contributed by atoms with Crippen molar-refractivity contribution in [3.63, 3.8) is 0 Å². The predicted octanol–water partition coefficient (Wildman–Crippen LogP) is 3.54. The number of nitrogens with zero attached hydrogens (tertiary/aromatic N) is 1. The third-order valence-electron chi connectivity index (χ3n) is 3.95. The van der Waals surface area contributed by atoms with Gasteiger partial charge in [-0.25, -0.2) is 17.5 Å². The number of alkyl halides is 3. The van der Waals surface area contributed by atoms with Crippen molar-refractivity contribution in [3.05, 3.63) is 65.5 Å². The third-order valence-corrected chi connectivity index (χ3v) is 5.35. The second-order valence-electron chi connectivity index (χ2n) is 6.32. The lowest BCUT2D eigenvalue weighted by molar-refractivity contribution is -0.132. The third kappa shape index (κ3) is 9.82. The molecular formula is C19H23F4IN4O2S. The van der Waals surface area contributed by atoms with E-state index in [9.17, 15) is 26.0 Å². The fourth-order valence-corrected chi connectivity index (χ4v) is 3.55. The van der Waals surface area contributed by atoms with Crippen molar-refractivity contribution in [1.29, 1.82) is 0 Å². The van der Waals surface area contributed by atoms with Crippen molar-refractivity contribution in [2.45, 2.75) is 30.6 Å². The molecule has 12 heteroatoms. The maximum absolute atomic E-state index is 13.2. The molecule has 6 nitrogen and oxygen atoms in total. The fourth-order valence-electron chi connectivity index (χ4n) is 2.46. The maximum Gasteiger partial charge on any atom is 0.390 e. The molecule has 0 atom stereocenters. The van der Waals surface area contributed by atoms with Crippen LogP contribution in [0, 0.1) is 5.82 Å². The van der Waals surface area contributed by atoms with Crippen LogP contribution in [0.25, 0.3) is 0 Å². The van der Waals surface area contributed by atoms with Gasteiger partial charge in [-0.05, 0) is 35.4 Å². The molecule has 0 aromatic heterocycles. The van der Waals surface area contributed by atoms with E-state index in [0.717, 1.165) is 0 Å². The first kappa shape index (κ1) is 27.1. The molecule has 0 heterocycles. The fraction of sp³-hybridized carbons (Fsp3) is 0.316. The van der Waals surface area contributed by atoms with Crippen LogP contribution in [0.5, 0.6) is 0 Å². The molecule has 0 fully saturated rings. The number of aliphatic imine (C=N–C) groups is 1. The summed E-state index contributed by atoms with van der Waals surface area (Å²) in [4.78, 5) is 3.84. The average Bonchev–Trinajstić information content (AvgIpc) is 2.68. The van der Waals surface area contributed by atoms with Gasteiger partial charge in [0.1, 0.15) is 5.82 Å². The predicted molar refractivity (Wildman–Crippen MR) is 121 cm³/mol. The summed E-state index contributed by atoms with van der Waals surface area (Å²) in [5, 5.41) is 5.37. The number of halogens is 5. The molecule has 2 rings (SSSR count).